The molecule has 2 nitrogen and oxygen atoms in total. The standard InChI is InChI=1S/C6H12O2S2/c7-10(8)4-2-6(5-10)1-3-9/h6,9H,1-5H2. The van der Waals surface area contributed by atoms with E-state index in [-0.39, 0.29) is 0 Å². The van der Waals surface area contributed by atoms with Gasteiger partial charge in [-0.25, -0.2) is 8.42 Å². The van der Waals surface area contributed by atoms with Gasteiger partial charge in [0, 0.05) is 0 Å². The maximum absolute atomic E-state index is 10.9. The minimum atomic E-state index is -2.65. The Morgan fingerprint density at radius 3 is 2.60 bits per heavy atom. The van der Waals surface area contributed by atoms with Crippen LogP contribution in [0, 0.1) is 5.92 Å². The van der Waals surface area contributed by atoms with Gasteiger partial charge in [0.2, 0.25) is 0 Å². The summed E-state index contributed by atoms with van der Waals surface area (Å²) in [5, 5.41) is 0. The summed E-state index contributed by atoms with van der Waals surface area (Å²) in [5.41, 5.74) is 0. The topological polar surface area (TPSA) is 34.1 Å². The van der Waals surface area contributed by atoms with Crippen molar-refractivity contribution in [2.45, 2.75) is 12.8 Å². The monoisotopic (exact) mass is 180 g/mol. The molecule has 1 saturated heterocycles. The van der Waals surface area contributed by atoms with E-state index in [1.807, 2.05) is 0 Å². The highest BCUT2D eigenvalue weighted by atomic mass is 32.2. The molecule has 0 saturated carbocycles. The van der Waals surface area contributed by atoms with Gasteiger partial charge in [0.1, 0.15) is 0 Å². The third-order valence-electron chi connectivity index (χ3n) is 1.86. The largest absolute Gasteiger partial charge is 0.229 e. The maximum atomic E-state index is 10.9. The fraction of sp³-hybridized carbons (Fsp3) is 1.00. The Bertz CT molecular complexity index is 196. The van der Waals surface area contributed by atoms with Gasteiger partial charge in [-0.05, 0) is 24.5 Å². The second-order valence-corrected chi connectivity index (χ2v) is 5.46. The minimum Gasteiger partial charge on any atom is -0.229 e. The molecular formula is C6H12O2S2. The fourth-order valence-corrected chi connectivity index (χ4v) is 3.56. The third-order valence-corrected chi connectivity index (χ3v) is 3.96. The lowest BCUT2D eigenvalue weighted by atomic mass is 10.1. The molecular weight excluding hydrogens is 168 g/mol. The lowest BCUT2D eigenvalue weighted by Gasteiger charge is -2.01. The van der Waals surface area contributed by atoms with Gasteiger partial charge in [-0.3, -0.25) is 0 Å². The smallest absolute Gasteiger partial charge is 0.150 e. The maximum Gasteiger partial charge on any atom is 0.150 e. The molecule has 60 valence electrons. The van der Waals surface area contributed by atoms with E-state index in [9.17, 15) is 8.42 Å². The van der Waals surface area contributed by atoms with E-state index in [4.69, 9.17) is 0 Å². The van der Waals surface area contributed by atoms with E-state index in [2.05, 4.69) is 12.6 Å². The molecule has 0 radical (unpaired) electrons. The molecule has 0 aromatic carbocycles. The summed E-state index contributed by atoms with van der Waals surface area (Å²) in [6.07, 6.45) is 1.80. The summed E-state index contributed by atoms with van der Waals surface area (Å²) in [4.78, 5) is 0. The van der Waals surface area contributed by atoms with Crippen molar-refractivity contribution in [3.05, 3.63) is 0 Å². The Balaban J connectivity index is 2.44. The van der Waals surface area contributed by atoms with Crippen LogP contribution in [0.4, 0.5) is 0 Å². The van der Waals surface area contributed by atoms with Crippen LogP contribution in [0.5, 0.6) is 0 Å². The quantitative estimate of drug-likeness (QED) is 0.636. The lowest BCUT2D eigenvalue weighted by molar-refractivity contribution is 0.575. The summed E-state index contributed by atoms with van der Waals surface area (Å²) in [5.74, 6) is 1.99. The molecule has 0 N–H and O–H groups in total. The number of sulfone groups is 1. The number of thiol groups is 1. The first-order chi connectivity index (χ1) is 4.64. The molecule has 0 aliphatic carbocycles. The zero-order valence-corrected chi connectivity index (χ0v) is 7.50. The van der Waals surface area contributed by atoms with Crippen LogP contribution in [-0.4, -0.2) is 25.7 Å². The normalized spacial score (nSPS) is 30.7. The summed E-state index contributed by atoms with van der Waals surface area (Å²) in [6.45, 7) is 0. The van der Waals surface area contributed by atoms with Crippen molar-refractivity contribution < 1.29 is 8.42 Å². The average Bonchev–Trinajstić information content (AvgIpc) is 2.12. The summed E-state index contributed by atoms with van der Waals surface area (Å²) in [6, 6.07) is 0. The summed E-state index contributed by atoms with van der Waals surface area (Å²) in [7, 11) is -2.65. The molecule has 0 aromatic rings. The van der Waals surface area contributed by atoms with Crippen LogP contribution in [0.15, 0.2) is 0 Å². The van der Waals surface area contributed by atoms with E-state index < -0.39 is 9.84 Å². The highest BCUT2D eigenvalue weighted by Gasteiger charge is 2.26. The van der Waals surface area contributed by atoms with Gasteiger partial charge in [0.25, 0.3) is 0 Å². The first-order valence-electron chi connectivity index (χ1n) is 3.45. The van der Waals surface area contributed by atoms with Gasteiger partial charge < -0.3 is 0 Å². The molecule has 4 heteroatoms. The van der Waals surface area contributed by atoms with Crippen LogP contribution in [-0.2, 0) is 9.84 Å². The molecule has 1 aliphatic rings. The SMILES string of the molecule is O=S1(=O)CCC(CCS)C1. The van der Waals surface area contributed by atoms with Crippen molar-refractivity contribution in [1.82, 2.24) is 0 Å². The zero-order chi connectivity index (χ0) is 7.61. The minimum absolute atomic E-state index is 0.391. The fourth-order valence-electron chi connectivity index (χ4n) is 1.28. The molecule has 0 amide bonds. The molecule has 1 aliphatic heterocycles. The Morgan fingerprint density at radius 2 is 2.20 bits per heavy atom. The zero-order valence-electron chi connectivity index (χ0n) is 5.78. The van der Waals surface area contributed by atoms with Gasteiger partial charge in [-0.2, -0.15) is 12.6 Å². The number of hydrogen-bond acceptors (Lipinski definition) is 3. The molecule has 10 heavy (non-hydrogen) atoms. The molecule has 1 rings (SSSR count). The predicted molar refractivity (Wildman–Crippen MR) is 45.2 cm³/mol. The van der Waals surface area contributed by atoms with E-state index >= 15 is 0 Å². The van der Waals surface area contributed by atoms with Gasteiger partial charge in [-0.1, -0.05) is 0 Å². The van der Waals surface area contributed by atoms with E-state index in [0.717, 1.165) is 18.6 Å². The van der Waals surface area contributed by atoms with Crippen molar-refractivity contribution in [3.63, 3.8) is 0 Å². The number of rotatable bonds is 2. The second kappa shape index (κ2) is 3.13. The Hall–Kier alpha value is 0.300. The molecule has 0 spiro atoms. The van der Waals surface area contributed by atoms with Gasteiger partial charge in [-0.15, -0.1) is 0 Å². The Kier molecular flexibility index (Phi) is 2.63. The molecule has 0 aromatic heterocycles. The highest BCUT2D eigenvalue weighted by Crippen LogP contribution is 2.21. The predicted octanol–water partition coefficient (Wildman–Crippen LogP) is 0.741. The second-order valence-electron chi connectivity index (χ2n) is 2.78. The Labute approximate surface area is 67.3 Å². The third kappa shape index (κ3) is 2.16. The van der Waals surface area contributed by atoms with Crippen LogP contribution in [0.1, 0.15) is 12.8 Å². The summed E-state index contributed by atoms with van der Waals surface area (Å²) >= 11 is 4.06. The van der Waals surface area contributed by atoms with E-state index in [1.54, 1.807) is 0 Å². The molecule has 1 atom stereocenters. The van der Waals surface area contributed by atoms with Crippen molar-refractivity contribution in [2.24, 2.45) is 5.92 Å². The highest BCUT2D eigenvalue weighted by molar-refractivity contribution is 7.91. The Morgan fingerprint density at radius 1 is 1.50 bits per heavy atom. The van der Waals surface area contributed by atoms with Crippen LogP contribution in [0.3, 0.4) is 0 Å². The van der Waals surface area contributed by atoms with Crippen molar-refractivity contribution in [2.75, 3.05) is 17.3 Å². The van der Waals surface area contributed by atoms with E-state index in [1.165, 1.54) is 0 Å². The average molecular weight is 180 g/mol. The van der Waals surface area contributed by atoms with E-state index in [0.29, 0.717) is 17.4 Å². The van der Waals surface area contributed by atoms with Crippen LogP contribution >= 0.6 is 12.6 Å². The van der Waals surface area contributed by atoms with Crippen molar-refractivity contribution >= 4 is 22.5 Å². The van der Waals surface area contributed by atoms with Gasteiger partial charge in [0.15, 0.2) is 9.84 Å². The molecule has 1 heterocycles. The van der Waals surface area contributed by atoms with Gasteiger partial charge in [0.05, 0.1) is 11.5 Å². The first kappa shape index (κ1) is 8.40. The van der Waals surface area contributed by atoms with Crippen LogP contribution in [0.2, 0.25) is 0 Å². The van der Waals surface area contributed by atoms with Crippen LogP contribution in [0.25, 0.3) is 0 Å². The molecule has 0 bridgehead atoms. The first-order valence-corrected chi connectivity index (χ1v) is 5.91. The van der Waals surface area contributed by atoms with Crippen molar-refractivity contribution in [1.29, 1.82) is 0 Å². The summed E-state index contributed by atoms with van der Waals surface area (Å²) < 4.78 is 21.8. The van der Waals surface area contributed by atoms with Crippen LogP contribution < -0.4 is 0 Å². The molecule has 1 fully saturated rings. The lowest BCUT2D eigenvalue weighted by Crippen LogP contribution is -2.04. The van der Waals surface area contributed by atoms with Gasteiger partial charge >= 0.3 is 0 Å². The number of hydrogen-bond donors (Lipinski definition) is 1. The molecule has 1 unspecified atom stereocenters. The van der Waals surface area contributed by atoms with Crippen molar-refractivity contribution in [3.8, 4) is 0 Å².